The van der Waals surface area contributed by atoms with Crippen LogP contribution in [0.2, 0.25) is 0 Å². The van der Waals surface area contributed by atoms with Gasteiger partial charge in [-0.1, -0.05) is 17.7 Å². The van der Waals surface area contributed by atoms with E-state index in [-0.39, 0.29) is 11.2 Å². The van der Waals surface area contributed by atoms with Crippen LogP contribution in [0.1, 0.15) is 18.4 Å². The summed E-state index contributed by atoms with van der Waals surface area (Å²) in [6.07, 6.45) is 2.40. The van der Waals surface area contributed by atoms with E-state index in [2.05, 4.69) is 0 Å². The highest BCUT2D eigenvalue weighted by atomic mass is 32.2. The molecule has 7 aliphatic carbocycles. The fourth-order valence-corrected chi connectivity index (χ4v) is 12.7. The Labute approximate surface area is 135 Å². The van der Waals surface area contributed by atoms with Crippen LogP contribution in [0, 0.1) is 48.3 Å². The molecule has 0 amide bonds. The molecule has 0 N–H and O–H groups in total. The first-order valence-corrected chi connectivity index (χ1v) is 10.5. The van der Waals surface area contributed by atoms with Crippen LogP contribution in [0.25, 0.3) is 0 Å². The van der Waals surface area contributed by atoms with Crippen LogP contribution in [0.15, 0.2) is 29.2 Å². The summed E-state index contributed by atoms with van der Waals surface area (Å²) in [5.41, 5.74) is 1.29. The Balaban J connectivity index is 1.43. The van der Waals surface area contributed by atoms with Gasteiger partial charge in [-0.15, -0.1) is 0 Å². The summed E-state index contributed by atoms with van der Waals surface area (Å²) < 4.78 is 33.6. The van der Waals surface area contributed by atoms with Crippen molar-refractivity contribution in [2.24, 2.45) is 41.4 Å². The van der Waals surface area contributed by atoms with Crippen LogP contribution < -0.4 is 0 Å². The summed E-state index contributed by atoms with van der Waals surface area (Å²) in [6.45, 7) is 2.01. The molecule has 1 aromatic rings. The lowest BCUT2D eigenvalue weighted by atomic mass is 9.59. The van der Waals surface area contributed by atoms with E-state index in [4.69, 9.17) is 4.74 Å². The highest BCUT2D eigenvalue weighted by Gasteiger charge is 3.11. The van der Waals surface area contributed by atoms with Crippen LogP contribution >= 0.6 is 0 Å². The molecule has 0 aromatic heterocycles. The SMILES string of the molecule is Cc1ccc(S(=O)(=O)[C@@]23[C@@H]4[C@@H]5[C@@H]2[C@@H]2C[C@@H]3[C@]36O[C@@]23[C@@H]5C[C@@H]46)cc1. The average molecular weight is 326 g/mol. The van der Waals surface area contributed by atoms with Crippen molar-refractivity contribution in [3.63, 3.8) is 0 Å². The molecule has 1 aliphatic heterocycles. The Morgan fingerprint density at radius 1 is 1.00 bits per heavy atom. The van der Waals surface area contributed by atoms with E-state index in [0.717, 1.165) is 12.0 Å². The summed E-state index contributed by atoms with van der Waals surface area (Å²) >= 11 is 0. The van der Waals surface area contributed by atoms with Gasteiger partial charge in [-0.3, -0.25) is 0 Å². The zero-order chi connectivity index (χ0) is 15.1. The first-order valence-electron chi connectivity index (χ1n) is 9.04. The molecular formula is C19H18O3S. The molecule has 10 atom stereocenters. The number of rotatable bonds is 2. The molecule has 0 radical (unpaired) electrons. The van der Waals surface area contributed by atoms with Crippen molar-refractivity contribution >= 4 is 9.84 Å². The second-order valence-electron chi connectivity index (χ2n) is 9.33. The molecule has 4 heteroatoms. The summed E-state index contributed by atoms with van der Waals surface area (Å²) in [5, 5.41) is 0. The van der Waals surface area contributed by atoms with Gasteiger partial charge in [0.05, 0.1) is 9.64 Å². The quantitative estimate of drug-likeness (QED) is 0.783. The predicted molar refractivity (Wildman–Crippen MR) is 81.3 cm³/mol. The molecule has 0 unspecified atom stereocenters. The highest BCUT2D eigenvalue weighted by molar-refractivity contribution is 7.93. The second-order valence-corrected chi connectivity index (χ2v) is 11.5. The summed E-state index contributed by atoms with van der Waals surface area (Å²) in [5.74, 6) is 3.64. The van der Waals surface area contributed by atoms with Crippen LogP contribution in [0.5, 0.6) is 0 Å². The number of hydrogen-bond acceptors (Lipinski definition) is 3. The Bertz CT molecular complexity index is 939. The predicted octanol–water partition coefficient (Wildman–Crippen LogP) is 2.19. The highest BCUT2D eigenvalue weighted by Crippen LogP contribution is 3.03. The number of aryl methyl sites for hydroxylation is 1. The monoisotopic (exact) mass is 326 g/mol. The molecule has 7 saturated carbocycles. The third-order valence-electron chi connectivity index (χ3n) is 9.62. The van der Waals surface area contributed by atoms with Gasteiger partial charge in [-0.05, 0) is 67.4 Å². The molecule has 118 valence electrons. The van der Waals surface area contributed by atoms with Crippen molar-refractivity contribution in [2.45, 2.75) is 40.6 Å². The Morgan fingerprint density at radius 2 is 1.70 bits per heavy atom. The van der Waals surface area contributed by atoms with Crippen molar-refractivity contribution in [1.82, 2.24) is 0 Å². The van der Waals surface area contributed by atoms with Crippen LogP contribution in [-0.4, -0.2) is 24.4 Å². The normalized spacial score (nSPS) is 66.4. The number of ether oxygens (including phenoxy) is 1. The number of epoxide rings is 1. The minimum Gasteiger partial charge on any atom is -0.361 e. The third kappa shape index (κ3) is 0.674. The first kappa shape index (κ1) is 11.6. The average Bonchev–Trinajstić information content (AvgIpc) is 2.70. The Hall–Kier alpha value is -0.870. The van der Waals surface area contributed by atoms with Gasteiger partial charge in [0.25, 0.3) is 0 Å². The molecule has 3 nitrogen and oxygen atoms in total. The minimum absolute atomic E-state index is 0.00820. The maximum atomic E-state index is 13.8. The molecule has 8 fully saturated rings. The number of sulfone groups is 1. The van der Waals surface area contributed by atoms with E-state index in [0.29, 0.717) is 46.3 Å². The fourth-order valence-electron chi connectivity index (χ4n) is 9.77. The molecule has 4 bridgehead atoms. The standard InChI is InChI=1S/C19H18O3S/c1-8-2-4-9(5-3-8)23(20,21)17-13-7-12-16(17)14-10-6-11(15(14)17)19(13)18(10,12)22-19/h2-5,10-16H,6-7H2,1H3/t10-,11+,12+,13+,14-,15+,16+,17+,18+,19+/m1/s1. The molecule has 1 saturated heterocycles. The van der Waals surface area contributed by atoms with Gasteiger partial charge in [0.15, 0.2) is 9.84 Å². The maximum Gasteiger partial charge on any atom is 0.185 e. The first-order chi connectivity index (χ1) is 11.0. The summed E-state index contributed by atoms with van der Waals surface area (Å²) in [4.78, 5) is 0.562. The third-order valence-corrected chi connectivity index (χ3v) is 12.3. The summed E-state index contributed by atoms with van der Waals surface area (Å²) in [6, 6.07) is 7.58. The van der Waals surface area contributed by atoms with Crippen LogP contribution in [0.4, 0.5) is 0 Å². The van der Waals surface area contributed by atoms with E-state index in [1.165, 1.54) is 6.42 Å². The van der Waals surface area contributed by atoms with E-state index in [1.54, 1.807) is 0 Å². The van der Waals surface area contributed by atoms with Crippen LogP contribution in [0.3, 0.4) is 0 Å². The van der Waals surface area contributed by atoms with E-state index in [1.807, 2.05) is 31.2 Å². The second kappa shape index (κ2) is 2.62. The van der Waals surface area contributed by atoms with Crippen molar-refractivity contribution in [1.29, 1.82) is 0 Å². The lowest BCUT2D eigenvalue weighted by Crippen LogP contribution is -2.63. The molecule has 9 rings (SSSR count). The Kier molecular flexibility index (Phi) is 1.33. The molecule has 8 aliphatic rings. The van der Waals surface area contributed by atoms with Gasteiger partial charge in [0.1, 0.15) is 11.2 Å². The topological polar surface area (TPSA) is 46.7 Å². The minimum atomic E-state index is -3.26. The van der Waals surface area contributed by atoms with Crippen molar-refractivity contribution in [2.75, 3.05) is 0 Å². The molecule has 1 heterocycles. The van der Waals surface area contributed by atoms with Gasteiger partial charge in [0.2, 0.25) is 0 Å². The van der Waals surface area contributed by atoms with Gasteiger partial charge in [0, 0.05) is 5.92 Å². The van der Waals surface area contributed by atoms with Crippen molar-refractivity contribution in [3.05, 3.63) is 29.8 Å². The van der Waals surface area contributed by atoms with E-state index >= 15 is 0 Å². The zero-order valence-electron chi connectivity index (χ0n) is 12.9. The van der Waals surface area contributed by atoms with Gasteiger partial charge in [-0.2, -0.15) is 0 Å². The molecule has 2 spiro atoms. The largest absolute Gasteiger partial charge is 0.361 e. The van der Waals surface area contributed by atoms with Crippen molar-refractivity contribution < 1.29 is 13.2 Å². The van der Waals surface area contributed by atoms with Crippen LogP contribution in [-0.2, 0) is 14.6 Å². The smallest absolute Gasteiger partial charge is 0.185 e. The van der Waals surface area contributed by atoms with Gasteiger partial charge in [-0.25, -0.2) is 8.42 Å². The van der Waals surface area contributed by atoms with Gasteiger partial charge >= 0.3 is 0 Å². The lowest BCUT2D eigenvalue weighted by Gasteiger charge is -2.54. The number of hydrogen-bond donors (Lipinski definition) is 0. The lowest BCUT2D eigenvalue weighted by molar-refractivity contribution is 0.0439. The fraction of sp³-hybridized carbons (Fsp3) is 0.684. The maximum absolute atomic E-state index is 13.8. The zero-order valence-corrected chi connectivity index (χ0v) is 13.7. The Morgan fingerprint density at radius 3 is 2.43 bits per heavy atom. The van der Waals surface area contributed by atoms with Gasteiger partial charge < -0.3 is 4.74 Å². The van der Waals surface area contributed by atoms with Crippen molar-refractivity contribution in [3.8, 4) is 0 Å². The van der Waals surface area contributed by atoms with E-state index in [9.17, 15) is 8.42 Å². The van der Waals surface area contributed by atoms with E-state index < -0.39 is 14.6 Å². The molecular weight excluding hydrogens is 308 g/mol. The molecule has 1 aromatic carbocycles. The summed E-state index contributed by atoms with van der Waals surface area (Å²) in [7, 11) is -3.26. The molecule has 23 heavy (non-hydrogen) atoms. The number of benzene rings is 1.